The molecular formula is C11H9NO2S. The van der Waals surface area contributed by atoms with E-state index in [1.807, 2.05) is 24.3 Å². The Morgan fingerprint density at radius 2 is 2.13 bits per heavy atom. The maximum absolute atomic E-state index is 10.7. The van der Waals surface area contributed by atoms with Crippen LogP contribution in [-0.2, 0) is 4.79 Å². The fourth-order valence-electron chi connectivity index (χ4n) is 1.33. The number of para-hydroxylation sites is 1. The third-order valence-corrected chi connectivity index (χ3v) is 2.08. The quantitative estimate of drug-likeness (QED) is 0.803. The first kappa shape index (κ1) is 9.98. The molecule has 76 valence electrons. The Kier molecular flexibility index (Phi) is 2.87. The van der Waals surface area contributed by atoms with Crippen molar-refractivity contribution in [1.29, 1.82) is 0 Å². The zero-order valence-corrected chi connectivity index (χ0v) is 8.78. The van der Waals surface area contributed by atoms with Crippen LogP contribution in [-0.4, -0.2) is 16.7 Å². The molecule has 1 heterocycles. The van der Waals surface area contributed by atoms with E-state index in [1.54, 1.807) is 12.3 Å². The van der Waals surface area contributed by atoms with Crippen LogP contribution >= 0.6 is 12.6 Å². The Labute approximate surface area is 92.5 Å². The molecule has 0 N–H and O–H groups in total. The lowest BCUT2D eigenvalue weighted by atomic mass is 10.2. The number of aromatic nitrogens is 1. The molecule has 4 heteroatoms. The highest BCUT2D eigenvalue weighted by Gasteiger charge is 2.03. The van der Waals surface area contributed by atoms with Crippen molar-refractivity contribution in [3.63, 3.8) is 0 Å². The van der Waals surface area contributed by atoms with Crippen LogP contribution in [0.15, 0.2) is 36.5 Å². The SMILES string of the molecule is O=C(S)COc1cccc2cccnc12. The molecule has 0 aliphatic heterocycles. The van der Waals surface area contributed by atoms with Gasteiger partial charge in [0.05, 0.1) is 0 Å². The number of ether oxygens (including phenoxy) is 1. The van der Waals surface area contributed by atoms with Gasteiger partial charge in [0.25, 0.3) is 0 Å². The molecule has 0 spiro atoms. The van der Waals surface area contributed by atoms with E-state index >= 15 is 0 Å². The molecule has 0 aliphatic carbocycles. The van der Waals surface area contributed by atoms with Crippen LogP contribution in [0.2, 0.25) is 0 Å². The Hall–Kier alpha value is -1.55. The molecule has 3 nitrogen and oxygen atoms in total. The van der Waals surface area contributed by atoms with E-state index in [4.69, 9.17) is 4.74 Å². The zero-order valence-electron chi connectivity index (χ0n) is 7.88. The lowest BCUT2D eigenvalue weighted by Gasteiger charge is -2.05. The smallest absolute Gasteiger partial charge is 0.223 e. The molecule has 0 fully saturated rings. The van der Waals surface area contributed by atoms with Gasteiger partial charge in [-0.1, -0.05) is 18.2 Å². The standard InChI is InChI=1S/C11H9NO2S/c13-10(15)7-14-9-5-1-3-8-4-2-6-12-11(8)9/h1-6H,7H2,(H,13,15). The van der Waals surface area contributed by atoms with Crippen LogP contribution in [0.3, 0.4) is 0 Å². The Morgan fingerprint density at radius 1 is 1.33 bits per heavy atom. The van der Waals surface area contributed by atoms with Crippen molar-refractivity contribution in [3.8, 4) is 5.75 Å². The number of fused-ring (bicyclic) bond motifs is 1. The predicted molar refractivity (Wildman–Crippen MR) is 61.2 cm³/mol. The van der Waals surface area contributed by atoms with Gasteiger partial charge in [0, 0.05) is 11.6 Å². The highest BCUT2D eigenvalue weighted by atomic mass is 32.1. The van der Waals surface area contributed by atoms with E-state index in [-0.39, 0.29) is 11.7 Å². The van der Waals surface area contributed by atoms with Gasteiger partial charge >= 0.3 is 0 Å². The minimum absolute atomic E-state index is 0.0429. The van der Waals surface area contributed by atoms with Gasteiger partial charge in [-0.25, -0.2) is 0 Å². The number of rotatable bonds is 3. The Morgan fingerprint density at radius 3 is 2.93 bits per heavy atom. The number of carbonyl (C=O) groups is 1. The van der Waals surface area contributed by atoms with Crippen molar-refractivity contribution in [1.82, 2.24) is 4.98 Å². The zero-order chi connectivity index (χ0) is 10.7. The molecule has 0 aliphatic rings. The van der Waals surface area contributed by atoms with E-state index in [0.717, 1.165) is 10.9 Å². The molecule has 2 aromatic rings. The van der Waals surface area contributed by atoms with Gasteiger partial charge < -0.3 is 4.74 Å². The number of hydrogen-bond donors (Lipinski definition) is 1. The largest absolute Gasteiger partial charge is 0.483 e. The van der Waals surface area contributed by atoms with Crippen LogP contribution < -0.4 is 4.74 Å². The number of nitrogens with zero attached hydrogens (tertiary/aromatic N) is 1. The predicted octanol–water partition coefficient (Wildman–Crippen LogP) is 2.07. The average Bonchev–Trinajstić information content (AvgIpc) is 2.26. The fraction of sp³-hybridized carbons (Fsp3) is 0.0909. The van der Waals surface area contributed by atoms with Gasteiger partial charge in [0.1, 0.15) is 11.3 Å². The first-order chi connectivity index (χ1) is 7.27. The molecule has 1 aromatic heterocycles. The number of hydrogen-bond acceptors (Lipinski definition) is 3. The van der Waals surface area contributed by atoms with E-state index < -0.39 is 0 Å². The van der Waals surface area contributed by atoms with Crippen molar-refractivity contribution in [2.75, 3.05) is 6.61 Å². The van der Waals surface area contributed by atoms with Crippen molar-refractivity contribution >= 4 is 28.6 Å². The summed E-state index contributed by atoms with van der Waals surface area (Å²) in [6, 6.07) is 9.39. The summed E-state index contributed by atoms with van der Waals surface area (Å²) in [5.74, 6) is 0.607. The van der Waals surface area contributed by atoms with Crippen molar-refractivity contribution < 1.29 is 9.53 Å². The maximum Gasteiger partial charge on any atom is 0.223 e. The molecule has 1 aromatic carbocycles. The first-order valence-corrected chi connectivity index (χ1v) is 4.90. The molecule has 2 rings (SSSR count). The topological polar surface area (TPSA) is 39.2 Å². The lowest BCUT2D eigenvalue weighted by molar-refractivity contribution is -0.112. The Balaban J connectivity index is 2.38. The second-order valence-electron chi connectivity index (χ2n) is 3.01. The van der Waals surface area contributed by atoms with Gasteiger partial charge in [0.15, 0.2) is 6.61 Å². The van der Waals surface area contributed by atoms with Gasteiger partial charge in [-0.2, -0.15) is 0 Å². The van der Waals surface area contributed by atoms with Gasteiger partial charge in [0.2, 0.25) is 5.12 Å². The molecule has 0 saturated carbocycles. The molecule has 15 heavy (non-hydrogen) atoms. The number of pyridine rings is 1. The van der Waals surface area contributed by atoms with E-state index in [1.165, 1.54) is 0 Å². The van der Waals surface area contributed by atoms with E-state index in [0.29, 0.717) is 5.75 Å². The number of thiol groups is 1. The van der Waals surface area contributed by atoms with Gasteiger partial charge in [-0.3, -0.25) is 9.78 Å². The molecule has 0 atom stereocenters. The third kappa shape index (κ3) is 2.27. The van der Waals surface area contributed by atoms with Crippen LogP contribution in [0.5, 0.6) is 5.75 Å². The maximum atomic E-state index is 10.7. The van der Waals surface area contributed by atoms with Gasteiger partial charge in [-0.05, 0) is 12.1 Å². The summed E-state index contributed by atoms with van der Waals surface area (Å²) in [5, 5.41) is 0.685. The van der Waals surface area contributed by atoms with Crippen LogP contribution in [0.4, 0.5) is 0 Å². The molecule has 0 unspecified atom stereocenters. The van der Waals surface area contributed by atoms with Crippen LogP contribution in [0.1, 0.15) is 0 Å². The van der Waals surface area contributed by atoms with Crippen LogP contribution in [0, 0.1) is 0 Å². The molecule has 0 amide bonds. The van der Waals surface area contributed by atoms with E-state index in [9.17, 15) is 4.79 Å². The van der Waals surface area contributed by atoms with Crippen molar-refractivity contribution in [2.24, 2.45) is 0 Å². The monoisotopic (exact) mass is 219 g/mol. The lowest BCUT2D eigenvalue weighted by Crippen LogP contribution is -2.04. The van der Waals surface area contributed by atoms with Crippen molar-refractivity contribution in [3.05, 3.63) is 36.5 Å². The summed E-state index contributed by atoms with van der Waals surface area (Å²) in [4.78, 5) is 14.9. The van der Waals surface area contributed by atoms with Gasteiger partial charge in [-0.15, -0.1) is 12.6 Å². The summed E-state index contributed by atoms with van der Waals surface area (Å²) >= 11 is 3.64. The molecule has 0 radical (unpaired) electrons. The fourth-order valence-corrected chi connectivity index (χ4v) is 1.40. The Bertz CT molecular complexity index is 493. The minimum atomic E-state index is -0.303. The molecule has 0 saturated heterocycles. The minimum Gasteiger partial charge on any atom is -0.483 e. The summed E-state index contributed by atoms with van der Waals surface area (Å²) in [5.41, 5.74) is 0.759. The highest BCUT2D eigenvalue weighted by Crippen LogP contribution is 2.22. The summed E-state index contributed by atoms with van der Waals surface area (Å²) in [7, 11) is 0. The average molecular weight is 219 g/mol. The molecule has 0 bridgehead atoms. The normalized spacial score (nSPS) is 10.2. The first-order valence-electron chi connectivity index (χ1n) is 4.46. The molecular weight excluding hydrogens is 210 g/mol. The highest BCUT2D eigenvalue weighted by molar-refractivity contribution is 7.96. The summed E-state index contributed by atoms with van der Waals surface area (Å²) in [6.45, 7) is -0.0429. The summed E-state index contributed by atoms with van der Waals surface area (Å²) < 4.78 is 5.29. The van der Waals surface area contributed by atoms with Crippen LogP contribution in [0.25, 0.3) is 10.9 Å². The third-order valence-electron chi connectivity index (χ3n) is 1.95. The second kappa shape index (κ2) is 4.31. The second-order valence-corrected chi connectivity index (χ2v) is 3.51. The number of benzene rings is 1. The van der Waals surface area contributed by atoms with E-state index in [2.05, 4.69) is 17.6 Å². The number of carbonyl (C=O) groups excluding carboxylic acids is 1. The van der Waals surface area contributed by atoms with Crippen molar-refractivity contribution in [2.45, 2.75) is 0 Å². The summed E-state index contributed by atoms with van der Waals surface area (Å²) in [6.07, 6.45) is 1.69.